The van der Waals surface area contributed by atoms with Gasteiger partial charge in [0.15, 0.2) is 0 Å². The van der Waals surface area contributed by atoms with Crippen LogP contribution in [-0.2, 0) is 12.7 Å². The molecule has 1 heterocycles. The van der Waals surface area contributed by atoms with E-state index in [2.05, 4.69) is 5.10 Å². The van der Waals surface area contributed by atoms with Crippen LogP contribution in [0.25, 0.3) is 11.1 Å². The molecule has 2 aromatic rings. The van der Waals surface area contributed by atoms with Crippen molar-refractivity contribution in [1.82, 2.24) is 9.78 Å². The van der Waals surface area contributed by atoms with Crippen LogP contribution in [0, 0.1) is 6.92 Å². The fourth-order valence-corrected chi connectivity index (χ4v) is 1.96. The summed E-state index contributed by atoms with van der Waals surface area (Å²) < 4.78 is 39.4. The van der Waals surface area contributed by atoms with Gasteiger partial charge in [-0.05, 0) is 37.6 Å². The Hall–Kier alpha value is -2.11. The summed E-state index contributed by atoms with van der Waals surface area (Å²) in [4.78, 5) is 12.1. The van der Waals surface area contributed by atoms with Crippen molar-refractivity contribution in [3.8, 4) is 11.1 Å². The molecule has 20 heavy (non-hydrogen) atoms. The van der Waals surface area contributed by atoms with Gasteiger partial charge in [-0.3, -0.25) is 4.79 Å². The van der Waals surface area contributed by atoms with Gasteiger partial charge in [-0.2, -0.15) is 18.3 Å². The van der Waals surface area contributed by atoms with Crippen molar-refractivity contribution in [2.75, 3.05) is 0 Å². The minimum absolute atomic E-state index is 0.227. The highest BCUT2D eigenvalue weighted by Gasteiger charge is 2.30. The molecule has 0 N–H and O–H groups in total. The molecule has 3 nitrogen and oxygen atoms in total. The molecule has 1 aromatic carbocycles. The molecule has 0 saturated carbocycles. The molecule has 0 amide bonds. The molecule has 0 radical (unpaired) electrons. The molecule has 0 aliphatic rings. The van der Waals surface area contributed by atoms with E-state index < -0.39 is 17.3 Å². The van der Waals surface area contributed by atoms with Crippen molar-refractivity contribution < 1.29 is 13.2 Å². The van der Waals surface area contributed by atoms with Gasteiger partial charge in [0.2, 0.25) is 0 Å². The highest BCUT2D eigenvalue weighted by atomic mass is 19.4. The Morgan fingerprint density at radius 1 is 1.25 bits per heavy atom. The number of aromatic nitrogens is 2. The number of rotatable bonds is 2. The van der Waals surface area contributed by atoms with Crippen molar-refractivity contribution in [2.24, 2.45) is 0 Å². The molecule has 6 heteroatoms. The lowest BCUT2D eigenvalue weighted by Gasteiger charge is -2.10. The second kappa shape index (κ2) is 5.11. The number of hydrogen-bond donors (Lipinski definition) is 0. The molecule has 2 rings (SSSR count). The molecule has 106 valence electrons. The van der Waals surface area contributed by atoms with E-state index >= 15 is 0 Å². The molecule has 1 aromatic heterocycles. The summed E-state index contributed by atoms with van der Waals surface area (Å²) in [6.45, 7) is 3.82. The standard InChI is InChI=1S/C14H13F3N2O/c1-3-19-13(20)12(7-9(2)18-19)10-5-4-6-11(8-10)14(15,16)17/h4-8H,3H2,1-2H3. The highest BCUT2D eigenvalue weighted by Crippen LogP contribution is 2.31. The van der Waals surface area contributed by atoms with Crippen molar-refractivity contribution in [3.63, 3.8) is 0 Å². The minimum atomic E-state index is -4.43. The number of aryl methyl sites for hydroxylation is 2. The van der Waals surface area contributed by atoms with Gasteiger partial charge in [-0.1, -0.05) is 12.1 Å². The van der Waals surface area contributed by atoms with Crippen LogP contribution in [0.3, 0.4) is 0 Å². The fourth-order valence-electron chi connectivity index (χ4n) is 1.96. The van der Waals surface area contributed by atoms with E-state index in [1.54, 1.807) is 13.8 Å². The molecule has 0 unspecified atom stereocenters. The largest absolute Gasteiger partial charge is 0.416 e. The van der Waals surface area contributed by atoms with Crippen LogP contribution in [0.15, 0.2) is 35.1 Å². The fraction of sp³-hybridized carbons (Fsp3) is 0.286. The number of halogens is 3. The van der Waals surface area contributed by atoms with Crippen LogP contribution in [-0.4, -0.2) is 9.78 Å². The Morgan fingerprint density at radius 3 is 2.55 bits per heavy atom. The first-order valence-corrected chi connectivity index (χ1v) is 6.09. The van der Waals surface area contributed by atoms with Crippen LogP contribution in [0.2, 0.25) is 0 Å². The predicted octanol–water partition coefficient (Wildman–Crippen LogP) is 3.26. The smallest absolute Gasteiger partial charge is 0.267 e. The van der Waals surface area contributed by atoms with Crippen molar-refractivity contribution >= 4 is 0 Å². The van der Waals surface area contributed by atoms with E-state index in [4.69, 9.17) is 0 Å². The number of hydrogen-bond acceptors (Lipinski definition) is 2. The topological polar surface area (TPSA) is 34.9 Å². The first-order valence-electron chi connectivity index (χ1n) is 6.09. The summed E-state index contributed by atoms with van der Waals surface area (Å²) in [6, 6.07) is 6.26. The van der Waals surface area contributed by atoms with E-state index in [0.29, 0.717) is 12.2 Å². The maximum absolute atomic E-state index is 12.7. The molecular weight excluding hydrogens is 269 g/mol. The Bertz CT molecular complexity index is 690. The van der Waals surface area contributed by atoms with E-state index in [1.165, 1.54) is 22.9 Å². The second-order valence-electron chi connectivity index (χ2n) is 4.40. The van der Waals surface area contributed by atoms with E-state index in [9.17, 15) is 18.0 Å². The average molecular weight is 282 g/mol. The molecule has 0 bridgehead atoms. The van der Waals surface area contributed by atoms with E-state index in [-0.39, 0.29) is 11.1 Å². The van der Waals surface area contributed by atoms with Crippen molar-refractivity contribution in [2.45, 2.75) is 26.6 Å². The zero-order valence-corrected chi connectivity index (χ0v) is 11.0. The summed E-state index contributed by atoms with van der Waals surface area (Å²) in [6.07, 6.45) is -4.43. The Kier molecular flexibility index (Phi) is 3.65. The normalized spacial score (nSPS) is 11.7. The molecule has 0 spiro atoms. The Labute approximate surface area is 113 Å². The van der Waals surface area contributed by atoms with Crippen LogP contribution in [0.4, 0.5) is 13.2 Å². The van der Waals surface area contributed by atoms with Crippen LogP contribution in [0.1, 0.15) is 18.2 Å². The monoisotopic (exact) mass is 282 g/mol. The van der Waals surface area contributed by atoms with E-state index in [0.717, 1.165) is 12.1 Å². The first kappa shape index (κ1) is 14.3. The quantitative estimate of drug-likeness (QED) is 0.847. The van der Waals surface area contributed by atoms with Gasteiger partial charge in [0.1, 0.15) is 0 Å². The van der Waals surface area contributed by atoms with E-state index in [1.807, 2.05) is 0 Å². The zero-order valence-electron chi connectivity index (χ0n) is 11.0. The number of benzene rings is 1. The summed E-state index contributed by atoms with van der Waals surface area (Å²) in [5.74, 6) is 0. The zero-order chi connectivity index (χ0) is 14.9. The lowest BCUT2D eigenvalue weighted by atomic mass is 10.0. The van der Waals surface area contributed by atoms with Gasteiger partial charge in [-0.25, -0.2) is 4.68 Å². The maximum atomic E-state index is 12.7. The van der Waals surface area contributed by atoms with Crippen LogP contribution in [0.5, 0.6) is 0 Å². The minimum Gasteiger partial charge on any atom is -0.267 e. The molecule has 0 saturated heterocycles. The molecular formula is C14H13F3N2O. The van der Waals surface area contributed by atoms with Crippen molar-refractivity contribution in [3.05, 3.63) is 51.9 Å². The predicted molar refractivity (Wildman–Crippen MR) is 69.3 cm³/mol. The molecule has 0 aliphatic carbocycles. The van der Waals surface area contributed by atoms with Gasteiger partial charge >= 0.3 is 6.18 Å². The lowest BCUT2D eigenvalue weighted by Crippen LogP contribution is -2.24. The number of nitrogens with zero attached hydrogens (tertiary/aromatic N) is 2. The van der Waals surface area contributed by atoms with Gasteiger partial charge in [-0.15, -0.1) is 0 Å². The molecule has 0 fully saturated rings. The second-order valence-corrected chi connectivity index (χ2v) is 4.40. The first-order chi connectivity index (χ1) is 9.32. The highest BCUT2D eigenvalue weighted by molar-refractivity contribution is 5.63. The van der Waals surface area contributed by atoms with Gasteiger partial charge in [0.25, 0.3) is 5.56 Å². The summed E-state index contributed by atoms with van der Waals surface area (Å²) in [5.41, 5.74) is -0.105. The van der Waals surface area contributed by atoms with Crippen molar-refractivity contribution in [1.29, 1.82) is 0 Å². The van der Waals surface area contributed by atoms with Gasteiger partial charge in [0.05, 0.1) is 16.8 Å². The summed E-state index contributed by atoms with van der Waals surface area (Å²) in [5, 5.41) is 4.03. The van der Waals surface area contributed by atoms with Gasteiger partial charge < -0.3 is 0 Å². The summed E-state index contributed by atoms with van der Waals surface area (Å²) >= 11 is 0. The third-order valence-electron chi connectivity index (χ3n) is 2.90. The van der Waals surface area contributed by atoms with Crippen LogP contribution < -0.4 is 5.56 Å². The lowest BCUT2D eigenvalue weighted by molar-refractivity contribution is -0.137. The summed E-state index contributed by atoms with van der Waals surface area (Å²) in [7, 11) is 0. The van der Waals surface area contributed by atoms with Crippen LogP contribution >= 0.6 is 0 Å². The number of alkyl halides is 3. The average Bonchev–Trinajstić information content (AvgIpc) is 2.40. The SMILES string of the molecule is CCn1nc(C)cc(-c2cccc(C(F)(F)F)c2)c1=O. The molecule has 0 atom stereocenters. The Morgan fingerprint density at radius 2 is 1.95 bits per heavy atom. The maximum Gasteiger partial charge on any atom is 0.416 e. The molecule has 0 aliphatic heterocycles. The Balaban J connectivity index is 2.63. The third kappa shape index (κ3) is 2.74. The van der Waals surface area contributed by atoms with Gasteiger partial charge in [0, 0.05) is 6.54 Å². The third-order valence-corrected chi connectivity index (χ3v) is 2.90.